The molecule has 3 rings (SSSR count). The number of hydrogen-bond acceptors (Lipinski definition) is 4. The molecule has 128 valence electrons. The fraction of sp³-hybridized carbons (Fsp3) is 0.353. The van der Waals surface area contributed by atoms with Crippen molar-refractivity contribution in [1.29, 1.82) is 0 Å². The van der Waals surface area contributed by atoms with Gasteiger partial charge in [-0.3, -0.25) is 0 Å². The molecule has 0 unspecified atom stereocenters. The van der Waals surface area contributed by atoms with E-state index in [0.717, 1.165) is 35.7 Å². The summed E-state index contributed by atoms with van der Waals surface area (Å²) in [5.74, 6) is 0.144. The first-order chi connectivity index (χ1) is 11.6. The highest BCUT2D eigenvalue weighted by molar-refractivity contribution is 7.98. The molecule has 24 heavy (non-hydrogen) atoms. The number of alkyl halides is 2. The fourth-order valence-electron chi connectivity index (χ4n) is 2.62. The quantitative estimate of drug-likeness (QED) is 0.618. The zero-order valence-electron chi connectivity index (χ0n) is 13.3. The highest BCUT2D eigenvalue weighted by Crippen LogP contribution is 2.21. The molecule has 1 aromatic carbocycles. The van der Waals surface area contributed by atoms with Crippen LogP contribution < -0.4 is 5.32 Å². The summed E-state index contributed by atoms with van der Waals surface area (Å²) in [4.78, 5) is 4.54. The van der Waals surface area contributed by atoms with E-state index in [1.54, 1.807) is 6.07 Å². The molecule has 0 aliphatic rings. The minimum atomic E-state index is -2.37. The number of nitrogens with zero attached hydrogens (tertiary/aromatic N) is 2. The van der Waals surface area contributed by atoms with Gasteiger partial charge in [0, 0.05) is 13.1 Å². The molecule has 3 aromatic rings. The van der Waals surface area contributed by atoms with Crippen LogP contribution in [-0.2, 0) is 18.8 Å². The third-order valence-corrected chi connectivity index (χ3v) is 4.43. The van der Waals surface area contributed by atoms with E-state index in [0.29, 0.717) is 24.1 Å². The Bertz CT molecular complexity index is 800. The lowest BCUT2D eigenvalue weighted by Crippen LogP contribution is -2.19. The Morgan fingerprint density at radius 3 is 2.83 bits per heavy atom. The van der Waals surface area contributed by atoms with Crippen LogP contribution in [0.15, 0.2) is 40.8 Å². The first kappa shape index (κ1) is 17.0. The summed E-state index contributed by atoms with van der Waals surface area (Å²) in [5, 5.41) is 3.31. The molecule has 2 aromatic heterocycles. The minimum Gasteiger partial charge on any atom is -0.464 e. The molecule has 0 spiro atoms. The molecule has 4 nitrogen and oxygen atoms in total. The first-order valence-electron chi connectivity index (χ1n) is 7.73. The van der Waals surface area contributed by atoms with E-state index >= 15 is 0 Å². The SMILES string of the molecule is Cc1nc2ccccc2n1CCNCc1ccc(CSC(F)F)o1. The van der Waals surface area contributed by atoms with Gasteiger partial charge in [-0.05, 0) is 31.2 Å². The van der Waals surface area contributed by atoms with Gasteiger partial charge in [-0.25, -0.2) is 4.98 Å². The number of para-hydroxylation sites is 2. The van der Waals surface area contributed by atoms with Crippen LogP contribution in [0, 0.1) is 6.92 Å². The van der Waals surface area contributed by atoms with Crippen molar-refractivity contribution in [2.75, 3.05) is 6.54 Å². The Hall–Kier alpha value is -1.86. The molecular formula is C17H19F2N3OS. The van der Waals surface area contributed by atoms with E-state index in [-0.39, 0.29) is 5.75 Å². The summed E-state index contributed by atoms with van der Waals surface area (Å²) in [6, 6.07) is 11.6. The Labute approximate surface area is 143 Å². The largest absolute Gasteiger partial charge is 0.464 e. The van der Waals surface area contributed by atoms with E-state index in [1.165, 1.54) is 0 Å². The molecule has 0 saturated heterocycles. The topological polar surface area (TPSA) is 43.0 Å². The highest BCUT2D eigenvalue weighted by Gasteiger charge is 2.08. The maximum atomic E-state index is 12.2. The smallest absolute Gasteiger partial charge is 0.284 e. The van der Waals surface area contributed by atoms with Crippen molar-refractivity contribution in [3.8, 4) is 0 Å². The number of aromatic nitrogens is 2. The number of halogens is 2. The first-order valence-corrected chi connectivity index (χ1v) is 8.78. The Morgan fingerprint density at radius 2 is 2.00 bits per heavy atom. The number of fused-ring (bicyclic) bond motifs is 1. The summed E-state index contributed by atoms with van der Waals surface area (Å²) in [6.45, 7) is 4.15. The van der Waals surface area contributed by atoms with Crippen LogP contribution in [0.3, 0.4) is 0 Å². The lowest BCUT2D eigenvalue weighted by Gasteiger charge is -2.07. The van der Waals surface area contributed by atoms with E-state index in [2.05, 4.69) is 20.9 Å². The summed E-state index contributed by atoms with van der Waals surface area (Å²) in [5.41, 5.74) is 2.13. The van der Waals surface area contributed by atoms with Crippen molar-refractivity contribution in [1.82, 2.24) is 14.9 Å². The molecule has 7 heteroatoms. The van der Waals surface area contributed by atoms with E-state index in [4.69, 9.17) is 4.42 Å². The second kappa shape index (κ2) is 7.81. The highest BCUT2D eigenvalue weighted by atomic mass is 32.2. The number of benzene rings is 1. The standard InChI is InChI=1S/C17H19F2N3OS/c1-12-21-15-4-2-3-5-16(15)22(12)9-8-20-10-13-6-7-14(23-13)11-24-17(18)19/h2-7,17,20H,8-11H2,1H3. The summed E-state index contributed by atoms with van der Waals surface area (Å²) in [7, 11) is 0. The monoisotopic (exact) mass is 351 g/mol. The van der Waals surface area contributed by atoms with Crippen molar-refractivity contribution in [2.24, 2.45) is 0 Å². The number of nitrogens with one attached hydrogen (secondary N) is 1. The van der Waals surface area contributed by atoms with Crippen molar-refractivity contribution < 1.29 is 13.2 Å². The average Bonchev–Trinajstić information content (AvgIpc) is 3.13. The van der Waals surface area contributed by atoms with Crippen LogP contribution in [0.2, 0.25) is 0 Å². The molecule has 0 aliphatic heterocycles. The van der Waals surface area contributed by atoms with Gasteiger partial charge in [0.15, 0.2) is 0 Å². The molecule has 0 bridgehead atoms. The number of aryl methyl sites for hydroxylation is 1. The van der Waals surface area contributed by atoms with E-state index < -0.39 is 5.76 Å². The van der Waals surface area contributed by atoms with Crippen molar-refractivity contribution >= 4 is 22.8 Å². The van der Waals surface area contributed by atoms with Gasteiger partial charge >= 0.3 is 0 Å². The fourth-order valence-corrected chi connectivity index (χ4v) is 3.07. The second-order valence-corrected chi connectivity index (χ2v) is 6.39. The zero-order chi connectivity index (χ0) is 16.9. The third kappa shape index (κ3) is 4.15. The molecular weight excluding hydrogens is 332 g/mol. The van der Waals surface area contributed by atoms with Crippen LogP contribution in [0.5, 0.6) is 0 Å². The Kier molecular flexibility index (Phi) is 5.52. The van der Waals surface area contributed by atoms with Gasteiger partial charge in [0.2, 0.25) is 0 Å². The molecule has 0 fully saturated rings. The molecule has 0 amide bonds. The van der Waals surface area contributed by atoms with Crippen LogP contribution in [0.25, 0.3) is 11.0 Å². The predicted octanol–water partition coefficient (Wildman–Crippen LogP) is 4.18. The normalized spacial score (nSPS) is 11.7. The minimum absolute atomic E-state index is 0.192. The lowest BCUT2D eigenvalue weighted by molar-refractivity contribution is 0.251. The Morgan fingerprint density at radius 1 is 1.21 bits per heavy atom. The predicted molar refractivity (Wildman–Crippen MR) is 92.2 cm³/mol. The molecule has 0 saturated carbocycles. The lowest BCUT2D eigenvalue weighted by atomic mass is 10.3. The molecule has 2 heterocycles. The van der Waals surface area contributed by atoms with Crippen molar-refractivity contribution in [3.05, 3.63) is 53.7 Å². The summed E-state index contributed by atoms with van der Waals surface area (Å²) >= 11 is 0.569. The maximum Gasteiger partial charge on any atom is 0.284 e. The van der Waals surface area contributed by atoms with Crippen LogP contribution in [0.4, 0.5) is 8.78 Å². The van der Waals surface area contributed by atoms with Gasteiger partial charge in [-0.15, -0.1) is 0 Å². The number of hydrogen-bond donors (Lipinski definition) is 1. The third-order valence-electron chi connectivity index (χ3n) is 3.73. The number of thioether (sulfide) groups is 1. The van der Waals surface area contributed by atoms with Gasteiger partial charge in [-0.1, -0.05) is 23.9 Å². The number of furan rings is 1. The van der Waals surface area contributed by atoms with Gasteiger partial charge in [0.1, 0.15) is 17.3 Å². The number of imidazole rings is 1. The summed E-state index contributed by atoms with van der Waals surface area (Å²) in [6.07, 6.45) is 0. The van der Waals surface area contributed by atoms with Crippen LogP contribution in [-0.4, -0.2) is 21.9 Å². The molecule has 0 atom stereocenters. The van der Waals surface area contributed by atoms with Gasteiger partial charge in [0.05, 0.1) is 23.3 Å². The van der Waals surface area contributed by atoms with Crippen LogP contribution in [0.1, 0.15) is 17.3 Å². The molecule has 0 radical (unpaired) electrons. The zero-order valence-corrected chi connectivity index (χ0v) is 14.2. The number of rotatable bonds is 8. The second-order valence-electron chi connectivity index (χ2n) is 5.42. The van der Waals surface area contributed by atoms with Crippen molar-refractivity contribution in [3.63, 3.8) is 0 Å². The van der Waals surface area contributed by atoms with Crippen LogP contribution >= 0.6 is 11.8 Å². The maximum absolute atomic E-state index is 12.2. The van der Waals surface area contributed by atoms with E-state index in [1.807, 2.05) is 31.2 Å². The molecule has 1 N–H and O–H groups in total. The summed E-state index contributed by atoms with van der Waals surface area (Å²) < 4.78 is 32.0. The van der Waals surface area contributed by atoms with Gasteiger partial charge < -0.3 is 14.3 Å². The van der Waals surface area contributed by atoms with E-state index in [9.17, 15) is 8.78 Å². The Balaban J connectivity index is 1.49. The van der Waals surface area contributed by atoms with Crippen molar-refractivity contribution in [2.45, 2.75) is 31.5 Å². The van der Waals surface area contributed by atoms with Gasteiger partial charge in [-0.2, -0.15) is 8.78 Å². The average molecular weight is 351 g/mol. The molecule has 0 aliphatic carbocycles. The van der Waals surface area contributed by atoms with Gasteiger partial charge in [0.25, 0.3) is 5.76 Å².